The van der Waals surface area contributed by atoms with E-state index in [1.807, 2.05) is 36.4 Å². The number of rotatable bonds is 4. The second kappa shape index (κ2) is 7.51. The van der Waals surface area contributed by atoms with Crippen molar-refractivity contribution in [2.24, 2.45) is 0 Å². The molecule has 2 heterocycles. The number of hydrogen-bond acceptors (Lipinski definition) is 5. The molecule has 5 rings (SSSR count). The van der Waals surface area contributed by atoms with Crippen LogP contribution < -0.4 is 4.74 Å². The van der Waals surface area contributed by atoms with Crippen molar-refractivity contribution in [3.8, 4) is 5.75 Å². The number of benzene rings is 3. The Balaban J connectivity index is 1.77. The fraction of sp³-hybridized carbons (Fsp3) is 0.208. The highest BCUT2D eigenvalue weighted by Crippen LogP contribution is 2.34. The normalized spacial score (nSPS) is 15.4. The van der Waals surface area contributed by atoms with Crippen LogP contribution in [0.3, 0.4) is 0 Å². The number of nitrogens with zero attached hydrogens (tertiary/aromatic N) is 3. The molecule has 0 saturated heterocycles. The highest BCUT2D eigenvalue weighted by atomic mass is 32.2. The molecule has 0 amide bonds. The van der Waals surface area contributed by atoms with E-state index in [1.54, 1.807) is 31.4 Å². The van der Waals surface area contributed by atoms with Gasteiger partial charge in [0, 0.05) is 23.9 Å². The summed E-state index contributed by atoms with van der Waals surface area (Å²) in [5, 5.41) is 6.99. The lowest BCUT2D eigenvalue weighted by Crippen LogP contribution is -2.24. The van der Waals surface area contributed by atoms with Crippen molar-refractivity contribution < 1.29 is 13.2 Å². The number of ether oxygens (including phenoxy) is 1. The van der Waals surface area contributed by atoms with Gasteiger partial charge in [0.15, 0.2) is 0 Å². The maximum Gasteiger partial charge on any atom is 0.284 e. The molecule has 3 aromatic carbocycles. The number of fused-ring (bicyclic) bond motifs is 2. The molecule has 1 aliphatic heterocycles. The van der Waals surface area contributed by atoms with Gasteiger partial charge in [-0.25, -0.2) is 0 Å². The zero-order chi connectivity index (χ0) is 21.6. The summed E-state index contributed by atoms with van der Waals surface area (Å²) in [6.45, 7) is 1.71. The van der Waals surface area contributed by atoms with Gasteiger partial charge in [-0.15, -0.1) is 0 Å². The molecule has 7 heteroatoms. The first-order valence-corrected chi connectivity index (χ1v) is 11.6. The lowest BCUT2D eigenvalue weighted by Gasteiger charge is -2.21. The van der Waals surface area contributed by atoms with Gasteiger partial charge in [0.05, 0.1) is 23.2 Å². The van der Waals surface area contributed by atoms with Crippen molar-refractivity contribution in [1.29, 1.82) is 0 Å². The molecule has 1 aliphatic rings. The minimum Gasteiger partial charge on any atom is -0.497 e. The van der Waals surface area contributed by atoms with Crippen LogP contribution in [0.1, 0.15) is 12.1 Å². The van der Waals surface area contributed by atoms with Gasteiger partial charge in [-0.2, -0.15) is 17.6 Å². The summed E-state index contributed by atoms with van der Waals surface area (Å²) in [5.74, 6) is 0.671. The van der Waals surface area contributed by atoms with Crippen LogP contribution in [0.15, 0.2) is 71.6 Å². The predicted octanol–water partition coefficient (Wildman–Crippen LogP) is 4.15. The maximum atomic E-state index is 13.8. The molecule has 0 N–H and O–H groups in total. The Morgan fingerprint density at radius 1 is 1.00 bits per heavy atom. The van der Waals surface area contributed by atoms with Crippen LogP contribution in [-0.4, -0.2) is 49.8 Å². The molecule has 0 aliphatic carbocycles. The van der Waals surface area contributed by atoms with Crippen LogP contribution in [0.25, 0.3) is 27.2 Å². The molecule has 0 atom stereocenters. The van der Waals surface area contributed by atoms with Gasteiger partial charge in [-0.05, 0) is 48.7 Å². The number of aromatic nitrogens is 2. The first-order valence-electron chi connectivity index (χ1n) is 10.2. The van der Waals surface area contributed by atoms with Gasteiger partial charge in [0.25, 0.3) is 10.0 Å². The lowest BCUT2D eigenvalue weighted by atomic mass is 10.0. The zero-order valence-electron chi connectivity index (χ0n) is 17.4. The van der Waals surface area contributed by atoms with Gasteiger partial charge in [0.1, 0.15) is 5.75 Å². The van der Waals surface area contributed by atoms with E-state index in [0.717, 1.165) is 35.9 Å². The van der Waals surface area contributed by atoms with E-state index in [1.165, 1.54) is 4.09 Å². The molecular formula is C24H23N3O3S. The molecule has 0 saturated carbocycles. The number of methoxy groups -OCH3 is 1. The molecule has 4 aromatic rings. The van der Waals surface area contributed by atoms with Gasteiger partial charge < -0.3 is 9.64 Å². The topological polar surface area (TPSA) is 64.4 Å². The summed E-state index contributed by atoms with van der Waals surface area (Å²) < 4.78 is 34.2. The first kappa shape index (κ1) is 19.8. The van der Waals surface area contributed by atoms with Gasteiger partial charge in [-0.3, -0.25) is 0 Å². The average molecular weight is 434 g/mol. The molecule has 31 heavy (non-hydrogen) atoms. The number of likely N-dealkylation sites (N-methyl/N-ethyl adjacent to an activating group) is 1. The van der Waals surface area contributed by atoms with E-state index in [9.17, 15) is 8.42 Å². The SMILES string of the molecule is COc1ccc2c(c1)c(C1=CCN(C)CC1)nn2S(=O)(=O)c1cccc2ccccc12. The lowest BCUT2D eigenvalue weighted by molar-refractivity contribution is 0.370. The Bertz CT molecular complexity index is 1430. The summed E-state index contributed by atoms with van der Waals surface area (Å²) in [4.78, 5) is 2.46. The highest BCUT2D eigenvalue weighted by Gasteiger charge is 2.26. The summed E-state index contributed by atoms with van der Waals surface area (Å²) in [6, 6.07) is 18.2. The van der Waals surface area contributed by atoms with Crippen molar-refractivity contribution in [3.05, 3.63) is 72.4 Å². The van der Waals surface area contributed by atoms with E-state index in [-0.39, 0.29) is 4.90 Å². The largest absolute Gasteiger partial charge is 0.497 e. The molecule has 6 nitrogen and oxygen atoms in total. The van der Waals surface area contributed by atoms with E-state index >= 15 is 0 Å². The zero-order valence-corrected chi connectivity index (χ0v) is 18.3. The third-order valence-corrected chi connectivity index (χ3v) is 7.47. The monoisotopic (exact) mass is 433 g/mol. The van der Waals surface area contributed by atoms with Crippen LogP contribution in [0, 0.1) is 0 Å². The molecule has 0 bridgehead atoms. The van der Waals surface area contributed by atoms with Gasteiger partial charge in [-0.1, -0.05) is 42.5 Å². The van der Waals surface area contributed by atoms with Crippen LogP contribution in [0.2, 0.25) is 0 Å². The smallest absolute Gasteiger partial charge is 0.284 e. The molecule has 0 unspecified atom stereocenters. The van der Waals surface area contributed by atoms with Gasteiger partial charge >= 0.3 is 0 Å². The maximum absolute atomic E-state index is 13.8. The van der Waals surface area contributed by atoms with Gasteiger partial charge in [0.2, 0.25) is 0 Å². The molecular weight excluding hydrogens is 410 g/mol. The third kappa shape index (κ3) is 3.30. The fourth-order valence-corrected chi connectivity index (χ4v) is 5.63. The Hall–Kier alpha value is -3.16. The first-order chi connectivity index (χ1) is 15.0. The van der Waals surface area contributed by atoms with Crippen LogP contribution in [0.5, 0.6) is 5.75 Å². The second-order valence-electron chi connectivity index (χ2n) is 7.80. The minimum absolute atomic E-state index is 0.245. The summed E-state index contributed by atoms with van der Waals surface area (Å²) >= 11 is 0. The Morgan fingerprint density at radius 2 is 1.81 bits per heavy atom. The Labute approximate surface area is 181 Å². The second-order valence-corrected chi connectivity index (χ2v) is 9.53. The minimum atomic E-state index is -3.91. The Kier molecular flexibility index (Phi) is 4.79. The van der Waals surface area contributed by atoms with Crippen LogP contribution >= 0.6 is 0 Å². The number of hydrogen-bond donors (Lipinski definition) is 0. The summed E-state index contributed by atoms with van der Waals surface area (Å²) in [7, 11) is -0.242. The Morgan fingerprint density at radius 3 is 2.58 bits per heavy atom. The van der Waals surface area contributed by atoms with Crippen LogP contribution in [-0.2, 0) is 10.0 Å². The van der Waals surface area contributed by atoms with Crippen LogP contribution in [0.4, 0.5) is 0 Å². The van der Waals surface area contributed by atoms with Crippen molar-refractivity contribution in [3.63, 3.8) is 0 Å². The molecule has 1 aromatic heterocycles. The quantitative estimate of drug-likeness (QED) is 0.484. The predicted molar refractivity (Wildman–Crippen MR) is 123 cm³/mol. The molecule has 0 fully saturated rings. The summed E-state index contributed by atoms with van der Waals surface area (Å²) in [6.07, 6.45) is 2.94. The van der Waals surface area contributed by atoms with E-state index in [2.05, 4.69) is 23.1 Å². The fourth-order valence-electron chi connectivity index (χ4n) is 4.12. The van der Waals surface area contributed by atoms with Crippen molar-refractivity contribution in [2.45, 2.75) is 11.3 Å². The molecule has 0 spiro atoms. The van der Waals surface area contributed by atoms with Crippen molar-refractivity contribution >= 4 is 37.3 Å². The molecule has 0 radical (unpaired) electrons. The van der Waals surface area contributed by atoms with E-state index < -0.39 is 10.0 Å². The highest BCUT2D eigenvalue weighted by molar-refractivity contribution is 7.90. The average Bonchev–Trinajstić information content (AvgIpc) is 3.18. The third-order valence-electron chi connectivity index (χ3n) is 5.83. The van der Waals surface area contributed by atoms with E-state index in [4.69, 9.17) is 4.74 Å². The molecule has 158 valence electrons. The van der Waals surface area contributed by atoms with Crippen molar-refractivity contribution in [1.82, 2.24) is 14.1 Å². The van der Waals surface area contributed by atoms with E-state index in [0.29, 0.717) is 22.3 Å². The standard InChI is InChI=1S/C24H23N3O3S/c1-26-14-12-18(13-15-26)24-21-16-19(30-2)10-11-22(21)27(25-24)31(28,29)23-9-5-7-17-6-3-4-8-20(17)23/h3-12,16H,13-15H2,1-2H3. The van der Waals surface area contributed by atoms with Crippen molar-refractivity contribution in [2.75, 3.05) is 27.2 Å². The summed E-state index contributed by atoms with van der Waals surface area (Å²) in [5.41, 5.74) is 2.30.